The van der Waals surface area contributed by atoms with Gasteiger partial charge in [0.25, 0.3) is 0 Å². The Morgan fingerprint density at radius 2 is 1.11 bits per heavy atom. The fourth-order valence-electron chi connectivity index (χ4n) is 8.28. The molecule has 0 amide bonds. The van der Waals surface area contributed by atoms with Crippen LogP contribution in [0.25, 0.3) is 82.0 Å². The lowest BCUT2D eigenvalue weighted by atomic mass is 9.85. The molecule has 1 atom stereocenters. The standard InChI is InChI=1S/C44H27NO2/c1-2-9-27(10-3-1)34(23-26-19-22-39-35(24-26)30-11-4-5-16-38(30)46-39)28-20-21-29-32-13-6-14-33-31-12-7-17-40-42(31)43-36(15-8-18-41(43)47-40)45(44(32)33)37(29)25-28/h1-22,24-25,34H,23H2. The summed E-state index contributed by atoms with van der Waals surface area (Å²) in [6.07, 6.45) is 0.875. The van der Waals surface area contributed by atoms with Crippen LogP contribution in [0, 0.1) is 0 Å². The second-order valence-electron chi connectivity index (χ2n) is 12.8. The van der Waals surface area contributed by atoms with Gasteiger partial charge in [-0.25, -0.2) is 0 Å². The summed E-state index contributed by atoms with van der Waals surface area (Å²) in [4.78, 5) is 0. The molecule has 0 saturated heterocycles. The third kappa shape index (κ3) is 3.46. The molecule has 11 aromatic rings. The van der Waals surface area contributed by atoms with Crippen LogP contribution in [0.1, 0.15) is 22.6 Å². The van der Waals surface area contributed by atoms with Crippen molar-refractivity contribution in [2.75, 3.05) is 0 Å². The van der Waals surface area contributed by atoms with Gasteiger partial charge in [-0.3, -0.25) is 0 Å². The van der Waals surface area contributed by atoms with Gasteiger partial charge in [0, 0.05) is 38.2 Å². The molecule has 47 heavy (non-hydrogen) atoms. The molecule has 0 aliphatic rings. The Morgan fingerprint density at radius 1 is 0.426 bits per heavy atom. The highest BCUT2D eigenvalue weighted by molar-refractivity contribution is 6.29. The Balaban J connectivity index is 1.19. The van der Waals surface area contributed by atoms with Gasteiger partial charge in [-0.1, -0.05) is 103 Å². The number of hydrogen-bond donors (Lipinski definition) is 0. The van der Waals surface area contributed by atoms with Crippen LogP contribution in [0.15, 0.2) is 154 Å². The molecular formula is C44H27NO2. The van der Waals surface area contributed by atoms with Crippen LogP contribution >= 0.6 is 0 Å². The molecule has 0 fully saturated rings. The van der Waals surface area contributed by atoms with Crippen molar-refractivity contribution in [3.63, 3.8) is 0 Å². The molecule has 0 radical (unpaired) electrons. The SMILES string of the molecule is c1ccc(C(Cc2ccc3oc4ccccc4c3c2)c2ccc3c4cccc5c6cccc7oc8cccc(c8c76)n(c3c2)c54)cc1. The van der Waals surface area contributed by atoms with Crippen LogP contribution in [0.5, 0.6) is 0 Å². The van der Waals surface area contributed by atoms with Gasteiger partial charge in [0.05, 0.1) is 21.9 Å². The summed E-state index contributed by atoms with van der Waals surface area (Å²) in [7, 11) is 0. The van der Waals surface area contributed by atoms with E-state index in [2.05, 4.69) is 138 Å². The van der Waals surface area contributed by atoms with Crippen LogP contribution in [-0.4, -0.2) is 4.40 Å². The number of hydrogen-bond acceptors (Lipinski definition) is 2. The van der Waals surface area contributed by atoms with Crippen molar-refractivity contribution in [3.8, 4) is 0 Å². The molecule has 0 saturated carbocycles. The molecule has 0 aliphatic heterocycles. The highest BCUT2D eigenvalue weighted by Gasteiger charge is 2.22. The Bertz CT molecular complexity index is 2990. The average molecular weight is 602 g/mol. The summed E-state index contributed by atoms with van der Waals surface area (Å²) in [5.74, 6) is 0.167. The number of rotatable bonds is 4. The third-order valence-electron chi connectivity index (χ3n) is 10.3. The molecule has 0 bridgehead atoms. The number of fused-ring (bicyclic) bond motifs is 8. The minimum absolute atomic E-state index is 0.167. The molecule has 0 N–H and O–H groups in total. The molecule has 3 nitrogen and oxygen atoms in total. The molecule has 7 aromatic carbocycles. The summed E-state index contributed by atoms with van der Waals surface area (Å²) in [5, 5.41) is 9.72. The Morgan fingerprint density at radius 3 is 2.02 bits per heavy atom. The van der Waals surface area contributed by atoms with Crippen molar-refractivity contribution in [2.24, 2.45) is 0 Å². The van der Waals surface area contributed by atoms with E-state index in [0.717, 1.165) is 34.1 Å². The number of furan rings is 2. The summed E-state index contributed by atoms with van der Waals surface area (Å²) in [6.45, 7) is 0. The van der Waals surface area contributed by atoms with E-state index in [1.807, 2.05) is 12.1 Å². The van der Waals surface area contributed by atoms with Crippen molar-refractivity contribution < 1.29 is 8.83 Å². The van der Waals surface area contributed by atoms with Gasteiger partial charge >= 0.3 is 0 Å². The van der Waals surface area contributed by atoms with Gasteiger partial charge in [0.1, 0.15) is 22.3 Å². The first-order valence-electron chi connectivity index (χ1n) is 16.3. The second-order valence-corrected chi connectivity index (χ2v) is 12.8. The van der Waals surface area contributed by atoms with Crippen molar-refractivity contribution in [2.45, 2.75) is 12.3 Å². The van der Waals surface area contributed by atoms with E-state index >= 15 is 0 Å². The zero-order chi connectivity index (χ0) is 30.6. The summed E-state index contributed by atoms with van der Waals surface area (Å²) in [5.41, 5.74) is 11.3. The Hall–Kier alpha value is -6.06. The largest absolute Gasteiger partial charge is 0.456 e. The third-order valence-corrected chi connectivity index (χ3v) is 10.3. The van der Waals surface area contributed by atoms with Gasteiger partial charge in [0.15, 0.2) is 0 Å². The monoisotopic (exact) mass is 601 g/mol. The smallest absolute Gasteiger partial charge is 0.137 e. The molecule has 11 rings (SSSR count). The van der Waals surface area contributed by atoms with E-state index in [1.165, 1.54) is 70.9 Å². The predicted molar refractivity (Wildman–Crippen MR) is 194 cm³/mol. The van der Waals surface area contributed by atoms with Crippen LogP contribution < -0.4 is 0 Å². The van der Waals surface area contributed by atoms with Crippen LogP contribution in [0.4, 0.5) is 0 Å². The lowest BCUT2D eigenvalue weighted by Gasteiger charge is -2.19. The molecule has 4 aromatic heterocycles. The van der Waals surface area contributed by atoms with Gasteiger partial charge in [-0.05, 0) is 71.0 Å². The fourth-order valence-corrected chi connectivity index (χ4v) is 8.28. The van der Waals surface area contributed by atoms with Gasteiger partial charge in [0.2, 0.25) is 0 Å². The first kappa shape index (κ1) is 25.2. The van der Waals surface area contributed by atoms with E-state index < -0.39 is 0 Å². The van der Waals surface area contributed by atoms with Crippen LogP contribution in [-0.2, 0) is 6.42 Å². The van der Waals surface area contributed by atoms with Gasteiger partial charge in [-0.15, -0.1) is 0 Å². The van der Waals surface area contributed by atoms with E-state index in [-0.39, 0.29) is 5.92 Å². The zero-order valence-corrected chi connectivity index (χ0v) is 25.4. The van der Waals surface area contributed by atoms with E-state index in [9.17, 15) is 0 Å². The lowest BCUT2D eigenvalue weighted by Crippen LogP contribution is -2.05. The highest BCUT2D eigenvalue weighted by atomic mass is 16.3. The lowest BCUT2D eigenvalue weighted by molar-refractivity contribution is 0.668. The maximum Gasteiger partial charge on any atom is 0.137 e. The van der Waals surface area contributed by atoms with E-state index in [1.54, 1.807) is 0 Å². The molecule has 220 valence electrons. The number of benzene rings is 7. The quantitative estimate of drug-likeness (QED) is 0.201. The first-order chi connectivity index (χ1) is 23.3. The summed E-state index contributed by atoms with van der Waals surface area (Å²) < 4.78 is 15.1. The molecule has 4 heterocycles. The Kier molecular flexibility index (Phi) is 4.95. The fraction of sp³-hybridized carbons (Fsp3) is 0.0455. The topological polar surface area (TPSA) is 30.7 Å². The summed E-state index contributed by atoms with van der Waals surface area (Å²) in [6, 6.07) is 52.7. The van der Waals surface area contributed by atoms with Crippen molar-refractivity contribution in [1.29, 1.82) is 0 Å². The molecule has 1 unspecified atom stereocenters. The predicted octanol–water partition coefficient (Wildman–Crippen LogP) is 12.0. The zero-order valence-electron chi connectivity index (χ0n) is 25.4. The molecular weight excluding hydrogens is 574 g/mol. The second kappa shape index (κ2) is 9.24. The molecule has 0 aliphatic carbocycles. The Labute approximate surface area is 269 Å². The summed E-state index contributed by atoms with van der Waals surface area (Å²) >= 11 is 0. The minimum Gasteiger partial charge on any atom is -0.456 e. The van der Waals surface area contributed by atoms with Gasteiger partial charge in [-0.2, -0.15) is 0 Å². The first-order valence-corrected chi connectivity index (χ1v) is 16.3. The average Bonchev–Trinajstić information content (AvgIpc) is 3.77. The van der Waals surface area contributed by atoms with E-state index in [0.29, 0.717) is 0 Å². The highest BCUT2D eigenvalue weighted by Crippen LogP contribution is 2.44. The van der Waals surface area contributed by atoms with Crippen molar-refractivity contribution in [3.05, 3.63) is 162 Å². The minimum atomic E-state index is 0.167. The van der Waals surface area contributed by atoms with Crippen molar-refractivity contribution >= 4 is 82.0 Å². The number of aromatic nitrogens is 1. The van der Waals surface area contributed by atoms with E-state index in [4.69, 9.17) is 8.83 Å². The maximum atomic E-state index is 6.43. The molecule has 0 spiro atoms. The normalized spacial score (nSPS) is 13.1. The van der Waals surface area contributed by atoms with Crippen LogP contribution in [0.3, 0.4) is 0 Å². The van der Waals surface area contributed by atoms with Gasteiger partial charge < -0.3 is 13.2 Å². The van der Waals surface area contributed by atoms with Crippen LogP contribution in [0.2, 0.25) is 0 Å². The van der Waals surface area contributed by atoms with Crippen molar-refractivity contribution in [1.82, 2.24) is 4.40 Å². The number of para-hydroxylation sites is 2. The number of nitrogens with zero attached hydrogens (tertiary/aromatic N) is 1. The maximum absolute atomic E-state index is 6.43. The molecule has 3 heteroatoms.